The fourth-order valence-electron chi connectivity index (χ4n) is 1.28. The maximum atomic E-state index is 5.23. The van der Waals surface area contributed by atoms with Crippen LogP contribution in [0.3, 0.4) is 0 Å². The van der Waals surface area contributed by atoms with Crippen molar-refractivity contribution in [3.8, 4) is 12.3 Å². The van der Waals surface area contributed by atoms with Crippen LogP contribution in [0.2, 0.25) is 0 Å². The first-order chi connectivity index (χ1) is 5.74. The molecule has 0 rings (SSSR count). The second kappa shape index (κ2) is 7.15. The standard InChI is InChI=1S/C10H19NO/c1-5-6-10(11-3)7-9(2)8-12-4/h1,9-11H,6-8H2,2-4H3. The van der Waals surface area contributed by atoms with Crippen molar-refractivity contribution in [2.75, 3.05) is 20.8 Å². The zero-order valence-corrected chi connectivity index (χ0v) is 8.26. The monoisotopic (exact) mass is 169 g/mol. The third-order valence-corrected chi connectivity index (χ3v) is 1.91. The molecule has 0 aromatic heterocycles. The molecule has 0 aromatic carbocycles. The summed E-state index contributed by atoms with van der Waals surface area (Å²) in [6, 6.07) is 0.431. The fourth-order valence-corrected chi connectivity index (χ4v) is 1.28. The average molecular weight is 169 g/mol. The van der Waals surface area contributed by atoms with Crippen molar-refractivity contribution in [3.05, 3.63) is 0 Å². The minimum atomic E-state index is 0.431. The summed E-state index contributed by atoms with van der Waals surface area (Å²) < 4.78 is 5.05. The van der Waals surface area contributed by atoms with Crippen LogP contribution < -0.4 is 5.32 Å². The Morgan fingerprint density at radius 1 is 1.58 bits per heavy atom. The summed E-state index contributed by atoms with van der Waals surface area (Å²) in [6.45, 7) is 2.98. The maximum Gasteiger partial charge on any atom is 0.0488 e. The molecule has 1 N–H and O–H groups in total. The van der Waals surface area contributed by atoms with Gasteiger partial charge in [0, 0.05) is 26.2 Å². The van der Waals surface area contributed by atoms with Crippen LogP contribution in [-0.4, -0.2) is 26.8 Å². The van der Waals surface area contributed by atoms with Crippen LogP contribution in [0.1, 0.15) is 19.8 Å². The topological polar surface area (TPSA) is 21.3 Å². The quantitative estimate of drug-likeness (QED) is 0.605. The lowest BCUT2D eigenvalue weighted by Crippen LogP contribution is -2.27. The second-order valence-corrected chi connectivity index (χ2v) is 3.19. The Hall–Kier alpha value is -0.520. The van der Waals surface area contributed by atoms with E-state index in [0.29, 0.717) is 12.0 Å². The van der Waals surface area contributed by atoms with E-state index in [1.165, 1.54) is 0 Å². The highest BCUT2D eigenvalue weighted by Gasteiger charge is 2.09. The lowest BCUT2D eigenvalue weighted by Gasteiger charge is -2.17. The first kappa shape index (κ1) is 11.5. The van der Waals surface area contributed by atoms with Crippen molar-refractivity contribution < 1.29 is 4.74 Å². The largest absolute Gasteiger partial charge is 0.384 e. The molecule has 2 nitrogen and oxygen atoms in total. The molecular weight excluding hydrogens is 150 g/mol. The van der Waals surface area contributed by atoms with Crippen molar-refractivity contribution >= 4 is 0 Å². The molecule has 70 valence electrons. The van der Waals surface area contributed by atoms with Gasteiger partial charge in [0.1, 0.15) is 0 Å². The third kappa shape index (κ3) is 5.17. The van der Waals surface area contributed by atoms with Gasteiger partial charge in [-0.05, 0) is 19.4 Å². The van der Waals surface area contributed by atoms with Crippen LogP contribution in [0.4, 0.5) is 0 Å². The van der Waals surface area contributed by atoms with Gasteiger partial charge in [-0.2, -0.15) is 0 Å². The van der Waals surface area contributed by atoms with Crippen molar-refractivity contribution in [3.63, 3.8) is 0 Å². The Bertz CT molecular complexity index is 139. The molecule has 0 fully saturated rings. The first-order valence-electron chi connectivity index (χ1n) is 4.34. The van der Waals surface area contributed by atoms with E-state index in [4.69, 9.17) is 11.2 Å². The van der Waals surface area contributed by atoms with E-state index < -0.39 is 0 Å². The summed E-state index contributed by atoms with van der Waals surface area (Å²) in [5.74, 6) is 3.23. The molecule has 0 amide bonds. The van der Waals surface area contributed by atoms with E-state index in [9.17, 15) is 0 Å². The lowest BCUT2D eigenvalue weighted by atomic mass is 10.0. The lowest BCUT2D eigenvalue weighted by molar-refractivity contribution is 0.150. The van der Waals surface area contributed by atoms with Crippen LogP contribution in [0.5, 0.6) is 0 Å². The van der Waals surface area contributed by atoms with Crippen molar-refractivity contribution in [1.29, 1.82) is 0 Å². The van der Waals surface area contributed by atoms with Crippen molar-refractivity contribution in [2.24, 2.45) is 5.92 Å². The number of nitrogens with one attached hydrogen (secondary N) is 1. The Balaban J connectivity index is 3.62. The first-order valence-corrected chi connectivity index (χ1v) is 4.34. The van der Waals surface area contributed by atoms with Crippen molar-refractivity contribution in [1.82, 2.24) is 5.32 Å². The number of hydrogen-bond donors (Lipinski definition) is 1. The second-order valence-electron chi connectivity index (χ2n) is 3.19. The van der Waals surface area contributed by atoms with Crippen LogP contribution in [0.15, 0.2) is 0 Å². The predicted molar refractivity (Wildman–Crippen MR) is 52.0 cm³/mol. The molecular formula is C10H19NO. The van der Waals surface area contributed by atoms with Gasteiger partial charge >= 0.3 is 0 Å². The highest BCUT2D eigenvalue weighted by Crippen LogP contribution is 2.08. The van der Waals surface area contributed by atoms with Gasteiger partial charge in [0.05, 0.1) is 0 Å². The molecule has 0 radical (unpaired) electrons. The number of ether oxygens (including phenoxy) is 1. The van der Waals surface area contributed by atoms with Crippen molar-refractivity contribution in [2.45, 2.75) is 25.8 Å². The molecule has 12 heavy (non-hydrogen) atoms. The smallest absolute Gasteiger partial charge is 0.0488 e. The molecule has 0 aliphatic rings. The number of hydrogen-bond acceptors (Lipinski definition) is 2. The summed E-state index contributed by atoms with van der Waals surface area (Å²) in [5, 5.41) is 3.19. The Kier molecular flexibility index (Phi) is 6.84. The van der Waals surface area contributed by atoms with Gasteiger partial charge in [-0.25, -0.2) is 0 Å². The molecule has 0 saturated heterocycles. The highest BCUT2D eigenvalue weighted by atomic mass is 16.5. The molecule has 0 aromatic rings. The molecule has 0 heterocycles. The molecule has 0 bridgehead atoms. The van der Waals surface area contributed by atoms with Crippen LogP contribution in [-0.2, 0) is 4.74 Å². The summed E-state index contributed by atoms with van der Waals surface area (Å²) in [6.07, 6.45) is 7.11. The van der Waals surface area contributed by atoms with Gasteiger partial charge < -0.3 is 10.1 Å². The molecule has 2 unspecified atom stereocenters. The van der Waals surface area contributed by atoms with E-state index in [-0.39, 0.29) is 0 Å². The summed E-state index contributed by atoms with van der Waals surface area (Å²) in [4.78, 5) is 0. The molecule has 0 spiro atoms. The van der Waals surface area contributed by atoms with Gasteiger partial charge in [0.2, 0.25) is 0 Å². The van der Waals surface area contributed by atoms with Crippen LogP contribution >= 0.6 is 0 Å². The minimum Gasteiger partial charge on any atom is -0.384 e. The normalized spacial score (nSPS) is 15.2. The molecule has 0 saturated carbocycles. The Morgan fingerprint density at radius 2 is 2.25 bits per heavy atom. The van der Waals surface area contributed by atoms with Crippen LogP contribution in [0, 0.1) is 18.3 Å². The van der Waals surface area contributed by atoms with E-state index in [1.807, 2.05) is 7.05 Å². The summed E-state index contributed by atoms with van der Waals surface area (Å²) in [5.41, 5.74) is 0. The van der Waals surface area contributed by atoms with Gasteiger partial charge in [-0.1, -0.05) is 6.92 Å². The van der Waals surface area contributed by atoms with Gasteiger partial charge in [-0.3, -0.25) is 0 Å². The number of rotatable bonds is 6. The Morgan fingerprint density at radius 3 is 2.67 bits per heavy atom. The zero-order chi connectivity index (χ0) is 9.40. The summed E-state index contributed by atoms with van der Waals surface area (Å²) in [7, 11) is 3.67. The van der Waals surface area contributed by atoms with Gasteiger partial charge in [0.15, 0.2) is 0 Å². The minimum absolute atomic E-state index is 0.431. The maximum absolute atomic E-state index is 5.23. The van der Waals surface area contributed by atoms with E-state index in [2.05, 4.69) is 18.2 Å². The zero-order valence-electron chi connectivity index (χ0n) is 8.26. The number of methoxy groups -OCH3 is 1. The summed E-state index contributed by atoms with van der Waals surface area (Å²) >= 11 is 0. The van der Waals surface area contributed by atoms with E-state index >= 15 is 0 Å². The third-order valence-electron chi connectivity index (χ3n) is 1.91. The SMILES string of the molecule is C#CCC(CC(C)COC)NC. The number of terminal acetylenes is 1. The average Bonchev–Trinajstić information content (AvgIpc) is 2.04. The van der Waals surface area contributed by atoms with E-state index in [1.54, 1.807) is 7.11 Å². The fraction of sp³-hybridized carbons (Fsp3) is 0.800. The molecule has 0 aliphatic heterocycles. The van der Waals surface area contributed by atoms with Gasteiger partial charge in [-0.15, -0.1) is 12.3 Å². The van der Waals surface area contributed by atoms with Gasteiger partial charge in [0.25, 0.3) is 0 Å². The van der Waals surface area contributed by atoms with E-state index in [0.717, 1.165) is 19.4 Å². The predicted octanol–water partition coefficient (Wildman–Crippen LogP) is 1.27. The van der Waals surface area contributed by atoms with Crippen LogP contribution in [0.25, 0.3) is 0 Å². The molecule has 2 heteroatoms. The molecule has 2 atom stereocenters. The Labute approximate surface area is 75.7 Å². The highest BCUT2D eigenvalue weighted by molar-refractivity contribution is 4.89. The molecule has 0 aliphatic carbocycles.